The fourth-order valence-electron chi connectivity index (χ4n) is 2.48. The maximum atomic E-state index is 12.7. The summed E-state index contributed by atoms with van der Waals surface area (Å²) in [5, 5.41) is 3.37. The van der Waals surface area contributed by atoms with Gasteiger partial charge in [-0.2, -0.15) is 0 Å². The molecule has 0 aliphatic rings. The van der Waals surface area contributed by atoms with Gasteiger partial charge in [-0.05, 0) is 19.1 Å². The normalized spacial score (nSPS) is 10.7. The molecule has 0 fully saturated rings. The second kappa shape index (κ2) is 6.41. The van der Waals surface area contributed by atoms with Crippen molar-refractivity contribution in [3.63, 3.8) is 0 Å². The highest BCUT2D eigenvalue weighted by atomic mass is 35.5. The number of aromatic nitrogens is 2. The summed E-state index contributed by atoms with van der Waals surface area (Å²) in [4.78, 5) is 17.1. The molecule has 0 aliphatic heterocycles. The summed E-state index contributed by atoms with van der Waals surface area (Å²) in [7, 11) is 3.11. The van der Waals surface area contributed by atoms with Crippen molar-refractivity contribution < 1.29 is 14.3 Å². The first-order valence-corrected chi connectivity index (χ1v) is 7.58. The van der Waals surface area contributed by atoms with E-state index < -0.39 is 0 Å². The van der Waals surface area contributed by atoms with Gasteiger partial charge >= 0.3 is 0 Å². The minimum Gasteiger partial charge on any atom is -0.497 e. The third-order valence-electron chi connectivity index (χ3n) is 3.58. The van der Waals surface area contributed by atoms with Gasteiger partial charge in [-0.25, -0.2) is 4.98 Å². The number of ether oxygens (including phenoxy) is 2. The lowest BCUT2D eigenvalue weighted by Gasteiger charge is -2.10. The van der Waals surface area contributed by atoms with Gasteiger partial charge in [-0.15, -0.1) is 0 Å². The number of hydrogen-bond acceptors (Lipinski definition) is 4. The summed E-state index contributed by atoms with van der Waals surface area (Å²) in [6.07, 6.45) is 1.66. The lowest BCUT2D eigenvalue weighted by atomic mass is 10.2. The fourth-order valence-corrected chi connectivity index (χ4v) is 2.64. The molecule has 24 heavy (non-hydrogen) atoms. The van der Waals surface area contributed by atoms with Crippen LogP contribution in [0.15, 0.2) is 36.5 Å². The standard InChI is InChI=1S/C17H16ClN3O3/c1-10-16(21-9-11(18)4-5-15(21)19-10)17(22)20-12-6-13(23-2)8-14(7-12)24-3/h4-9H,1-3H3,(H,20,22). The van der Waals surface area contributed by atoms with E-state index in [9.17, 15) is 4.79 Å². The number of carbonyl (C=O) groups is 1. The van der Waals surface area contributed by atoms with Crippen LogP contribution in [0.5, 0.6) is 11.5 Å². The molecule has 2 heterocycles. The van der Waals surface area contributed by atoms with Gasteiger partial charge in [0.2, 0.25) is 0 Å². The van der Waals surface area contributed by atoms with Crippen LogP contribution in [0.3, 0.4) is 0 Å². The molecule has 0 saturated heterocycles. The number of rotatable bonds is 4. The second-order valence-corrected chi connectivity index (χ2v) is 5.61. The van der Waals surface area contributed by atoms with E-state index in [0.29, 0.717) is 39.2 Å². The molecule has 6 nitrogen and oxygen atoms in total. The first kappa shape index (κ1) is 16.1. The van der Waals surface area contributed by atoms with Crippen LogP contribution in [0, 0.1) is 6.92 Å². The van der Waals surface area contributed by atoms with Gasteiger partial charge in [-0.1, -0.05) is 11.6 Å². The molecule has 3 aromatic rings. The molecule has 124 valence electrons. The topological polar surface area (TPSA) is 64.9 Å². The minimum absolute atomic E-state index is 0.294. The molecule has 0 unspecified atom stereocenters. The van der Waals surface area contributed by atoms with Gasteiger partial charge in [0, 0.05) is 30.1 Å². The summed E-state index contributed by atoms with van der Waals surface area (Å²) >= 11 is 6.03. The van der Waals surface area contributed by atoms with Crippen molar-refractivity contribution in [1.29, 1.82) is 0 Å². The van der Waals surface area contributed by atoms with Crippen LogP contribution in [-0.4, -0.2) is 29.5 Å². The van der Waals surface area contributed by atoms with Gasteiger partial charge in [0.05, 0.1) is 24.9 Å². The molecule has 1 aromatic carbocycles. The van der Waals surface area contributed by atoms with E-state index in [-0.39, 0.29) is 5.91 Å². The lowest BCUT2D eigenvalue weighted by Crippen LogP contribution is -2.15. The van der Waals surface area contributed by atoms with Crippen molar-refractivity contribution in [2.24, 2.45) is 0 Å². The highest BCUT2D eigenvalue weighted by molar-refractivity contribution is 6.30. The number of carbonyl (C=O) groups excluding carboxylic acids is 1. The zero-order valence-electron chi connectivity index (χ0n) is 13.5. The number of methoxy groups -OCH3 is 2. The van der Waals surface area contributed by atoms with Crippen LogP contribution in [0.4, 0.5) is 5.69 Å². The molecule has 0 saturated carbocycles. The molecular weight excluding hydrogens is 330 g/mol. The predicted molar refractivity (Wildman–Crippen MR) is 92.4 cm³/mol. The number of imidazole rings is 1. The van der Waals surface area contributed by atoms with E-state index in [4.69, 9.17) is 21.1 Å². The first-order chi connectivity index (χ1) is 11.5. The van der Waals surface area contributed by atoms with Crippen molar-refractivity contribution in [2.75, 3.05) is 19.5 Å². The highest BCUT2D eigenvalue weighted by Gasteiger charge is 2.17. The molecule has 1 N–H and O–H groups in total. The molecular formula is C17H16ClN3O3. The van der Waals surface area contributed by atoms with E-state index in [0.717, 1.165) is 0 Å². The number of aryl methyl sites for hydroxylation is 1. The summed E-state index contributed by atoms with van der Waals surface area (Å²) in [5.41, 5.74) is 2.26. The first-order valence-electron chi connectivity index (χ1n) is 7.20. The smallest absolute Gasteiger partial charge is 0.274 e. The van der Waals surface area contributed by atoms with Crippen molar-refractivity contribution in [1.82, 2.24) is 9.38 Å². The number of halogens is 1. The Labute approximate surface area is 144 Å². The van der Waals surface area contributed by atoms with Crippen molar-refractivity contribution in [3.8, 4) is 11.5 Å². The third-order valence-corrected chi connectivity index (χ3v) is 3.80. The second-order valence-electron chi connectivity index (χ2n) is 5.18. The number of nitrogens with one attached hydrogen (secondary N) is 1. The lowest BCUT2D eigenvalue weighted by molar-refractivity contribution is 0.102. The Hall–Kier alpha value is -2.73. The van der Waals surface area contributed by atoms with Crippen LogP contribution < -0.4 is 14.8 Å². The van der Waals surface area contributed by atoms with Crippen LogP contribution in [0.25, 0.3) is 5.65 Å². The Morgan fingerprint density at radius 1 is 1.17 bits per heavy atom. The van der Waals surface area contributed by atoms with Gasteiger partial charge in [0.15, 0.2) is 0 Å². The van der Waals surface area contributed by atoms with Crippen LogP contribution in [0.1, 0.15) is 16.2 Å². The van der Waals surface area contributed by atoms with Gasteiger partial charge in [0.1, 0.15) is 22.8 Å². The zero-order valence-corrected chi connectivity index (χ0v) is 14.2. The SMILES string of the molecule is COc1cc(NC(=O)c2c(C)nc3ccc(Cl)cn23)cc(OC)c1. The summed E-state index contributed by atoms with van der Waals surface area (Å²) < 4.78 is 12.1. The van der Waals surface area contributed by atoms with Crippen LogP contribution >= 0.6 is 11.6 Å². The Morgan fingerprint density at radius 2 is 1.83 bits per heavy atom. The minimum atomic E-state index is -0.294. The molecule has 0 bridgehead atoms. The number of amides is 1. The average molecular weight is 346 g/mol. The van der Waals surface area contributed by atoms with E-state index in [1.54, 1.807) is 62.1 Å². The number of benzene rings is 1. The summed E-state index contributed by atoms with van der Waals surface area (Å²) in [5.74, 6) is 0.877. The van der Waals surface area contributed by atoms with Crippen molar-refractivity contribution >= 4 is 28.8 Å². The van der Waals surface area contributed by atoms with E-state index in [1.165, 1.54) is 0 Å². The summed E-state index contributed by atoms with van der Waals surface area (Å²) in [6, 6.07) is 8.66. The largest absolute Gasteiger partial charge is 0.497 e. The molecule has 7 heteroatoms. The molecule has 0 spiro atoms. The molecule has 0 radical (unpaired) electrons. The zero-order chi connectivity index (χ0) is 17.3. The Kier molecular flexibility index (Phi) is 4.31. The Morgan fingerprint density at radius 3 is 2.46 bits per heavy atom. The number of hydrogen-bond donors (Lipinski definition) is 1. The van der Waals surface area contributed by atoms with E-state index in [1.807, 2.05) is 0 Å². The van der Waals surface area contributed by atoms with Gasteiger partial charge in [-0.3, -0.25) is 9.20 Å². The van der Waals surface area contributed by atoms with Gasteiger partial charge in [0.25, 0.3) is 5.91 Å². The molecule has 1 amide bonds. The number of nitrogens with zero attached hydrogens (tertiary/aromatic N) is 2. The maximum absolute atomic E-state index is 12.7. The molecule has 0 aliphatic carbocycles. The average Bonchev–Trinajstić information content (AvgIpc) is 2.89. The number of fused-ring (bicyclic) bond motifs is 1. The van der Waals surface area contributed by atoms with E-state index in [2.05, 4.69) is 10.3 Å². The number of anilines is 1. The maximum Gasteiger partial charge on any atom is 0.274 e. The third kappa shape index (κ3) is 3.00. The highest BCUT2D eigenvalue weighted by Crippen LogP contribution is 2.26. The monoisotopic (exact) mass is 345 g/mol. The Balaban J connectivity index is 1.99. The predicted octanol–water partition coefficient (Wildman–Crippen LogP) is 3.57. The molecule has 2 aromatic heterocycles. The molecule has 0 atom stereocenters. The quantitative estimate of drug-likeness (QED) is 0.785. The van der Waals surface area contributed by atoms with Crippen LogP contribution in [0.2, 0.25) is 5.02 Å². The number of pyridine rings is 1. The summed E-state index contributed by atoms with van der Waals surface area (Å²) in [6.45, 7) is 1.78. The fraction of sp³-hybridized carbons (Fsp3) is 0.176. The van der Waals surface area contributed by atoms with Crippen molar-refractivity contribution in [2.45, 2.75) is 6.92 Å². The van der Waals surface area contributed by atoms with Crippen LogP contribution in [-0.2, 0) is 0 Å². The Bertz CT molecular complexity index is 899. The van der Waals surface area contributed by atoms with Gasteiger partial charge < -0.3 is 14.8 Å². The van der Waals surface area contributed by atoms with Crippen molar-refractivity contribution in [3.05, 3.63) is 52.9 Å². The molecule has 3 rings (SSSR count). The van der Waals surface area contributed by atoms with E-state index >= 15 is 0 Å².